The summed E-state index contributed by atoms with van der Waals surface area (Å²) in [5, 5.41) is 11.3. The summed E-state index contributed by atoms with van der Waals surface area (Å²) >= 11 is 10.1. The summed E-state index contributed by atoms with van der Waals surface area (Å²) in [7, 11) is 0. The molecule has 0 aliphatic carbocycles. The first-order valence-corrected chi connectivity index (χ1v) is 15.0. The van der Waals surface area contributed by atoms with Crippen LogP contribution in [0.2, 0.25) is 0 Å². The fourth-order valence-electron chi connectivity index (χ4n) is 3.74. The Morgan fingerprint density at radius 2 is 1.92 bits per heavy atom. The standard InChI is InChI=1S/C24H25ClN4O6S3/c1-3-18(31)34-12-35-23(33)20-16(11-37-24-28-27-13(2)38-24)10-36-22-19(21(32)29(20)22)26-17(30)8-14-4-6-15(9-25)7-5-14/h4-7,19,22H,3,8-12H2,1-2H3,(H,26,30). The predicted molar refractivity (Wildman–Crippen MR) is 144 cm³/mol. The lowest BCUT2D eigenvalue weighted by Crippen LogP contribution is -2.70. The molecule has 4 rings (SSSR count). The average molecular weight is 597 g/mol. The Morgan fingerprint density at radius 3 is 2.58 bits per heavy atom. The molecule has 2 unspecified atom stereocenters. The van der Waals surface area contributed by atoms with Gasteiger partial charge in [0.1, 0.15) is 22.1 Å². The number of esters is 2. The van der Waals surface area contributed by atoms with Crippen LogP contribution in [0.5, 0.6) is 0 Å². The Labute approximate surface area is 236 Å². The average Bonchev–Trinajstić information content (AvgIpc) is 3.34. The number of aromatic nitrogens is 2. The van der Waals surface area contributed by atoms with Crippen LogP contribution >= 0.6 is 46.5 Å². The van der Waals surface area contributed by atoms with Crippen molar-refractivity contribution in [2.45, 2.75) is 48.3 Å². The molecule has 1 N–H and O–H groups in total. The smallest absolute Gasteiger partial charge is 0.357 e. The molecule has 38 heavy (non-hydrogen) atoms. The SMILES string of the molecule is CCC(=O)OCOC(=O)C1=C(CSc2nnc(C)s2)CSC2C(NC(=O)Cc3ccc(CCl)cc3)C(=O)N12. The van der Waals surface area contributed by atoms with E-state index in [1.165, 1.54) is 39.8 Å². The number of rotatable bonds is 11. The van der Waals surface area contributed by atoms with E-state index in [0.717, 1.165) is 20.5 Å². The summed E-state index contributed by atoms with van der Waals surface area (Å²) in [5.41, 5.74) is 2.55. The Kier molecular flexibility index (Phi) is 9.69. The minimum absolute atomic E-state index is 0.112. The number of nitrogens with one attached hydrogen (secondary N) is 1. The van der Waals surface area contributed by atoms with Crippen LogP contribution in [0.25, 0.3) is 0 Å². The third kappa shape index (κ3) is 6.68. The van der Waals surface area contributed by atoms with Crippen molar-refractivity contribution in [3.05, 3.63) is 51.7 Å². The Morgan fingerprint density at radius 1 is 1.18 bits per heavy atom. The second kappa shape index (κ2) is 13.0. The van der Waals surface area contributed by atoms with Crippen LogP contribution in [0.1, 0.15) is 29.5 Å². The van der Waals surface area contributed by atoms with E-state index in [-0.39, 0.29) is 24.4 Å². The molecule has 2 aliphatic heterocycles. The molecule has 1 aromatic heterocycles. The summed E-state index contributed by atoms with van der Waals surface area (Å²) in [6.45, 7) is 2.93. The van der Waals surface area contributed by atoms with Gasteiger partial charge in [0.2, 0.25) is 12.7 Å². The van der Waals surface area contributed by atoms with Crippen molar-refractivity contribution in [2.24, 2.45) is 0 Å². The number of hydrogen-bond donors (Lipinski definition) is 1. The first-order chi connectivity index (χ1) is 18.3. The third-order valence-corrected chi connectivity index (χ3v) is 9.38. The minimum Gasteiger partial charge on any atom is -0.428 e. The second-order valence-corrected chi connectivity index (χ2v) is 12.1. The molecule has 2 atom stereocenters. The molecule has 0 saturated carbocycles. The van der Waals surface area contributed by atoms with Crippen LogP contribution in [0, 0.1) is 6.92 Å². The van der Waals surface area contributed by atoms with Crippen molar-refractivity contribution in [1.29, 1.82) is 0 Å². The molecule has 14 heteroatoms. The number of aryl methyl sites for hydroxylation is 1. The van der Waals surface area contributed by atoms with Gasteiger partial charge in [0.25, 0.3) is 5.91 Å². The highest BCUT2D eigenvalue weighted by molar-refractivity contribution is 8.01. The molecule has 0 radical (unpaired) electrons. The van der Waals surface area contributed by atoms with Gasteiger partial charge >= 0.3 is 11.9 Å². The first kappa shape index (κ1) is 28.4. The number of hydrogen-bond acceptors (Lipinski definition) is 11. The van der Waals surface area contributed by atoms with Crippen LogP contribution in [-0.2, 0) is 41.0 Å². The molecule has 0 bridgehead atoms. The fraction of sp³-hybridized carbons (Fsp3) is 0.417. The van der Waals surface area contributed by atoms with Gasteiger partial charge in [0.15, 0.2) is 4.34 Å². The van der Waals surface area contributed by atoms with Crippen LogP contribution in [0.4, 0.5) is 0 Å². The molecule has 1 saturated heterocycles. The van der Waals surface area contributed by atoms with Crippen molar-refractivity contribution < 1.29 is 28.7 Å². The number of ether oxygens (including phenoxy) is 2. The van der Waals surface area contributed by atoms with Gasteiger partial charge in [-0.1, -0.05) is 54.3 Å². The molecule has 3 heterocycles. The maximum Gasteiger partial charge on any atom is 0.357 e. The zero-order chi connectivity index (χ0) is 27.2. The first-order valence-electron chi connectivity index (χ1n) is 11.7. The van der Waals surface area contributed by atoms with E-state index in [0.29, 0.717) is 23.0 Å². The largest absolute Gasteiger partial charge is 0.428 e. The molecule has 2 aromatic rings. The minimum atomic E-state index is -0.768. The summed E-state index contributed by atoms with van der Waals surface area (Å²) in [4.78, 5) is 51.7. The highest BCUT2D eigenvalue weighted by atomic mass is 35.5. The van der Waals surface area contributed by atoms with Gasteiger partial charge in [-0.25, -0.2) is 4.79 Å². The number of benzene rings is 1. The number of thioether (sulfide) groups is 2. The van der Waals surface area contributed by atoms with Crippen molar-refractivity contribution in [3.8, 4) is 0 Å². The fourth-order valence-corrected chi connectivity index (χ4v) is 7.22. The van der Waals surface area contributed by atoms with Crippen LogP contribution in [0.3, 0.4) is 0 Å². The zero-order valence-corrected chi connectivity index (χ0v) is 23.8. The number of alkyl halides is 1. The third-order valence-electron chi connectivity index (χ3n) is 5.68. The summed E-state index contributed by atoms with van der Waals surface area (Å²) < 4.78 is 10.8. The maximum absolute atomic E-state index is 13.2. The molecular weight excluding hydrogens is 572 g/mol. The van der Waals surface area contributed by atoms with Gasteiger partial charge in [-0.05, 0) is 23.6 Å². The molecular formula is C24H25ClN4O6S3. The molecule has 202 valence electrons. The van der Waals surface area contributed by atoms with Gasteiger partial charge in [0.05, 0.1) is 6.42 Å². The maximum atomic E-state index is 13.2. The van der Waals surface area contributed by atoms with Crippen LogP contribution < -0.4 is 5.32 Å². The van der Waals surface area contributed by atoms with E-state index >= 15 is 0 Å². The number of carbonyl (C=O) groups is 4. The summed E-state index contributed by atoms with van der Waals surface area (Å²) in [6.07, 6.45) is 0.255. The molecule has 1 fully saturated rings. The monoisotopic (exact) mass is 596 g/mol. The normalized spacial score (nSPS) is 18.5. The van der Waals surface area contributed by atoms with Crippen LogP contribution in [0.15, 0.2) is 39.9 Å². The molecule has 1 aromatic carbocycles. The van der Waals surface area contributed by atoms with E-state index in [4.69, 9.17) is 21.1 Å². The number of halogens is 1. The topological polar surface area (TPSA) is 128 Å². The molecule has 2 aliphatic rings. The van der Waals surface area contributed by atoms with Crippen molar-refractivity contribution >= 4 is 70.2 Å². The van der Waals surface area contributed by atoms with Gasteiger partial charge in [-0.2, -0.15) is 0 Å². The Hall–Kier alpha value is -2.61. The number of carbonyl (C=O) groups excluding carboxylic acids is 4. The zero-order valence-electron chi connectivity index (χ0n) is 20.6. The van der Waals surface area contributed by atoms with E-state index in [1.54, 1.807) is 6.92 Å². The molecule has 0 spiro atoms. The van der Waals surface area contributed by atoms with Gasteiger partial charge in [-0.3, -0.25) is 19.3 Å². The summed E-state index contributed by atoms with van der Waals surface area (Å²) in [6, 6.07) is 6.59. The highest BCUT2D eigenvalue weighted by Gasteiger charge is 2.54. The van der Waals surface area contributed by atoms with Crippen molar-refractivity contribution in [1.82, 2.24) is 20.4 Å². The van der Waals surface area contributed by atoms with Crippen molar-refractivity contribution in [3.63, 3.8) is 0 Å². The van der Waals surface area contributed by atoms with Gasteiger partial charge in [0, 0.05) is 23.8 Å². The molecule has 2 amide bonds. The van der Waals surface area contributed by atoms with E-state index in [2.05, 4.69) is 15.5 Å². The quantitative estimate of drug-likeness (QED) is 0.136. The van der Waals surface area contributed by atoms with Gasteiger partial charge in [-0.15, -0.1) is 33.6 Å². The van der Waals surface area contributed by atoms with Crippen LogP contribution in [-0.4, -0.2) is 68.6 Å². The number of β-lactam (4-membered cyclic amide) rings is 1. The lowest BCUT2D eigenvalue weighted by atomic mass is 10.0. The van der Waals surface area contributed by atoms with E-state index in [9.17, 15) is 19.2 Å². The second-order valence-electron chi connectivity index (χ2n) is 8.33. The van der Waals surface area contributed by atoms with E-state index < -0.39 is 36.1 Å². The van der Waals surface area contributed by atoms with E-state index in [1.807, 2.05) is 31.2 Å². The van der Waals surface area contributed by atoms with Crippen molar-refractivity contribution in [2.75, 3.05) is 18.3 Å². The molecule has 10 nitrogen and oxygen atoms in total. The predicted octanol–water partition coefficient (Wildman–Crippen LogP) is 3.03. The lowest BCUT2D eigenvalue weighted by Gasteiger charge is -2.49. The Balaban J connectivity index is 1.45. The summed E-state index contributed by atoms with van der Waals surface area (Å²) in [5.74, 6) is -0.739. The highest BCUT2D eigenvalue weighted by Crippen LogP contribution is 2.42. The number of fused-ring (bicyclic) bond motifs is 1. The number of nitrogens with zero attached hydrogens (tertiary/aromatic N) is 3. The number of amides is 2. The lowest BCUT2D eigenvalue weighted by molar-refractivity contribution is -0.167. The Bertz CT molecular complexity index is 1250. The van der Waals surface area contributed by atoms with Gasteiger partial charge < -0.3 is 14.8 Å².